The van der Waals surface area contributed by atoms with Crippen molar-refractivity contribution in [2.75, 3.05) is 14.1 Å². The van der Waals surface area contributed by atoms with E-state index in [1.165, 1.54) is 26.0 Å². The molecule has 17 heteroatoms. The van der Waals surface area contributed by atoms with E-state index in [0.29, 0.717) is 6.42 Å². The first-order chi connectivity index (χ1) is 29.2. The van der Waals surface area contributed by atoms with Crippen molar-refractivity contribution in [1.82, 2.24) is 10.2 Å². The monoisotopic (exact) mass is 867 g/mol. The summed E-state index contributed by atoms with van der Waals surface area (Å²) in [5.41, 5.74) is -2.88. The lowest BCUT2D eigenvalue weighted by atomic mass is 9.73. The van der Waals surface area contributed by atoms with Crippen LogP contribution >= 0.6 is 0 Å². The van der Waals surface area contributed by atoms with Crippen molar-refractivity contribution >= 4 is 35.8 Å². The standard InChI is InChI=1S/C45H61N3O14/c1-11-32-45(8)37(60-43(54)62-45)26(4)33(47-55)24(2)23-44(7,61-42(53)46-38(50)29-18-14-12-15-19-29)36(27(5)34(49)28(6)39(51)57-32)59-41-35(31(48(9)10)22-25(3)56-41)58-40(52)30-20-16-13-17-21-30/h12-21,24-28,31-32,34-37,41,49,55H,11,22-23H2,1-10H3,(H,46,50,53)/b47-33+/t24-,25-,26-,27+,28-,31+,32+,34?,35-,36-,37-,41+,44+,45-/m1/s1. The molecule has 5 rings (SSSR count). The van der Waals surface area contributed by atoms with Crippen LogP contribution in [0.5, 0.6) is 0 Å². The molecule has 0 spiro atoms. The van der Waals surface area contributed by atoms with E-state index in [1.54, 1.807) is 83.1 Å². The van der Waals surface area contributed by atoms with Crippen molar-refractivity contribution in [2.24, 2.45) is 28.8 Å². The number of nitrogens with one attached hydrogen (secondary N) is 1. The van der Waals surface area contributed by atoms with E-state index in [2.05, 4.69) is 10.5 Å². The second-order valence-corrected chi connectivity index (χ2v) is 17.4. The lowest BCUT2D eigenvalue weighted by Gasteiger charge is -2.48. The highest BCUT2D eigenvalue weighted by molar-refractivity contribution is 6.02. The average Bonchev–Trinajstić information content (AvgIpc) is 3.55. The zero-order valence-electron chi connectivity index (χ0n) is 37.0. The number of fused-ring (bicyclic) bond motifs is 1. The number of ether oxygens (including phenoxy) is 7. The molecule has 0 saturated carbocycles. The second kappa shape index (κ2) is 19.9. The molecule has 3 heterocycles. The maximum absolute atomic E-state index is 14.0. The lowest BCUT2D eigenvalue weighted by Crippen LogP contribution is -2.61. The van der Waals surface area contributed by atoms with E-state index in [9.17, 15) is 34.3 Å². The molecule has 3 aliphatic rings. The van der Waals surface area contributed by atoms with Gasteiger partial charge in [0.25, 0.3) is 5.91 Å². The predicted octanol–water partition coefficient (Wildman–Crippen LogP) is 5.74. The van der Waals surface area contributed by atoms with E-state index in [0.717, 1.165) is 0 Å². The van der Waals surface area contributed by atoms with Gasteiger partial charge in [0.15, 0.2) is 24.1 Å². The molecule has 14 atom stereocenters. The molecule has 0 aliphatic carbocycles. The normalized spacial score (nSPS) is 36.3. The number of benzene rings is 2. The van der Waals surface area contributed by atoms with E-state index in [4.69, 9.17) is 33.2 Å². The maximum Gasteiger partial charge on any atom is 0.509 e. The number of carbonyl (C=O) groups is 5. The van der Waals surface area contributed by atoms with Gasteiger partial charge in [0.2, 0.25) is 0 Å². The van der Waals surface area contributed by atoms with Gasteiger partial charge in [-0.2, -0.15) is 0 Å². The van der Waals surface area contributed by atoms with Gasteiger partial charge in [0, 0.05) is 23.3 Å². The first kappa shape index (κ1) is 47.9. The van der Waals surface area contributed by atoms with Crippen molar-refractivity contribution in [1.29, 1.82) is 0 Å². The molecule has 0 aromatic heterocycles. The zero-order valence-corrected chi connectivity index (χ0v) is 37.0. The molecule has 1 unspecified atom stereocenters. The van der Waals surface area contributed by atoms with Crippen LogP contribution in [0.3, 0.4) is 0 Å². The molecule has 2 amide bonds. The van der Waals surface area contributed by atoms with Gasteiger partial charge < -0.3 is 48.4 Å². The summed E-state index contributed by atoms with van der Waals surface area (Å²) in [6.07, 6.45) is -9.83. The number of hydrogen-bond donors (Lipinski definition) is 3. The fourth-order valence-electron chi connectivity index (χ4n) is 9.17. The molecule has 3 fully saturated rings. The number of carbonyl (C=O) groups excluding carboxylic acids is 5. The minimum Gasteiger partial charge on any atom is -0.458 e. The van der Waals surface area contributed by atoms with Gasteiger partial charge in [0.1, 0.15) is 17.8 Å². The van der Waals surface area contributed by atoms with Crippen LogP contribution in [0.2, 0.25) is 0 Å². The number of oxime groups is 1. The van der Waals surface area contributed by atoms with Gasteiger partial charge in [0.05, 0.1) is 35.4 Å². The van der Waals surface area contributed by atoms with Crippen LogP contribution in [-0.2, 0) is 38.0 Å². The summed E-state index contributed by atoms with van der Waals surface area (Å²) in [6, 6.07) is 15.9. The summed E-state index contributed by atoms with van der Waals surface area (Å²) in [5, 5.41) is 28.8. The topological polar surface area (TPSA) is 218 Å². The molecule has 62 heavy (non-hydrogen) atoms. The quantitative estimate of drug-likeness (QED) is 0.125. The lowest BCUT2D eigenvalue weighted by molar-refractivity contribution is -0.297. The summed E-state index contributed by atoms with van der Waals surface area (Å²) in [6.45, 7) is 13.1. The molecule has 0 radical (unpaired) electrons. The van der Waals surface area contributed by atoms with E-state index in [1.807, 2.05) is 25.9 Å². The molecule has 3 aliphatic heterocycles. The Kier molecular flexibility index (Phi) is 15.4. The van der Waals surface area contributed by atoms with Crippen molar-refractivity contribution in [3.8, 4) is 0 Å². The molecular weight excluding hydrogens is 807 g/mol. The Morgan fingerprint density at radius 2 is 1.53 bits per heavy atom. The first-order valence-electron chi connectivity index (χ1n) is 21.1. The molecule has 2 aromatic rings. The molecular formula is C45H61N3O14. The Morgan fingerprint density at radius 3 is 2.11 bits per heavy atom. The number of cyclic esters (lactones) is 1. The van der Waals surface area contributed by atoms with Crippen LogP contribution in [0, 0.1) is 23.7 Å². The Balaban J connectivity index is 1.65. The minimum absolute atomic E-state index is 0.0959. The highest BCUT2D eigenvalue weighted by Crippen LogP contribution is 2.43. The number of rotatable bonds is 8. The number of hydrogen-bond acceptors (Lipinski definition) is 16. The molecule has 340 valence electrons. The maximum atomic E-state index is 14.0. The predicted molar refractivity (Wildman–Crippen MR) is 222 cm³/mol. The van der Waals surface area contributed by atoms with Gasteiger partial charge in [-0.05, 0) is 85.3 Å². The van der Waals surface area contributed by atoms with Crippen LogP contribution in [0.4, 0.5) is 9.59 Å². The Bertz CT molecular complexity index is 1930. The van der Waals surface area contributed by atoms with Gasteiger partial charge in [-0.15, -0.1) is 0 Å². The molecule has 17 nitrogen and oxygen atoms in total. The Hall–Kier alpha value is -5.10. The number of aliphatic hydroxyl groups excluding tert-OH is 1. The van der Waals surface area contributed by atoms with Crippen LogP contribution in [0.25, 0.3) is 0 Å². The third kappa shape index (κ3) is 10.4. The van der Waals surface area contributed by atoms with Gasteiger partial charge in [-0.3, -0.25) is 14.9 Å². The highest BCUT2D eigenvalue weighted by Gasteiger charge is 2.59. The largest absolute Gasteiger partial charge is 0.509 e. The summed E-state index contributed by atoms with van der Waals surface area (Å²) in [7, 11) is 3.65. The molecule has 2 aromatic carbocycles. The second-order valence-electron chi connectivity index (χ2n) is 17.4. The third-order valence-electron chi connectivity index (χ3n) is 12.5. The van der Waals surface area contributed by atoms with Crippen LogP contribution in [0.1, 0.15) is 95.4 Å². The van der Waals surface area contributed by atoms with Crippen molar-refractivity contribution in [2.45, 2.75) is 135 Å². The number of nitrogens with zero attached hydrogens (tertiary/aromatic N) is 2. The highest BCUT2D eigenvalue weighted by atomic mass is 16.8. The van der Waals surface area contributed by atoms with Gasteiger partial charge in [-0.25, -0.2) is 14.4 Å². The number of imide groups is 1. The summed E-state index contributed by atoms with van der Waals surface area (Å²) in [4.78, 5) is 69.7. The average molecular weight is 868 g/mol. The summed E-state index contributed by atoms with van der Waals surface area (Å²) in [5.74, 6) is -6.30. The Labute approximate surface area is 362 Å². The van der Waals surface area contributed by atoms with Gasteiger partial charge in [-0.1, -0.05) is 69.2 Å². The van der Waals surface area contributed by atoms with Crippen molar-refractivity contribution < 1.29 is 67.4 Å². The van der Waals surface area contributed by atoms with E-state index in [-0.39, 0.29) is 29.7 Å². The van der Waals surface area contributed by atoms with Crippen molar-refractivity contribution in [3.63, 3.8) is 0 Å². The number of likely N-dealkylation sites (N-methyl/N-ethyl adjacent to an activating group) is 1. The van der Waals surface area contributed by atoms with Crippen LogP contribution in [0.15, 0.2) is 65.8 Å². The van der Waals surface area contributed by atoms with E-state index < -0.39 is 114 Å². The van der Waals surface area contributed by atoms with Crippen molar-refractivity contribution in [3.05, 3.63) is 71.8 Å². The SMILES string of the molecule is CC[C@@H]1OC(=O)[C@H](C)C(O)[C@H](C)[C@@H](O[C@@H]2O[C@H](C)C[C@H](N(C)C)[C@H]2OC(=O)c2ccccc2)[C@@](C)(OC(=O)NC(=O)c2ccccc2)C[C@@H](C)/C(=N\O)[C@@H](C)[C@H]2OC(=O)O[C@]12C. The minimum atomic E-state index is -1.88. The van der Waals surface area contributed by atoms with E-state index >= 15 is 0 Å². The molecule has 3 saturated heterocycles. The van der Waals surface area contributed by atoms with Crippen LogP contribution in [-0.4, -0.2) is 125 Å². The smallest absolute Gasteiger partial charge is 0.458 e. The summed E-state index contributed by atoms with van der Waals surface area (Å²) >= 11 is 0. The number of esters is 2. The molecule has 3 N–H and O–H groups in total. The molecule has 0 bridgehead atoms. The number of aliphatic hydroxyl groups is 1. The van der Waals surface area contributed by atoms with Gasteiger partial charge >= 0.3 is 24.2 Å². The zero-order chi connectivity index (χ0) is 45.7. The Morgan fingerprint density at radius 1 is 0.919 bits per heavy atom. The number of alkyl carbamates (subject to hydrolysis) is 1. The fraction of sp³-hybridized carbons (Fsp3) is 0.600. The fourth-order valence-corrected chi connectivity index (χ4v) is 9.17. The third-order valence-corrected chi connectivity index (χ3v) is 12.5. The first-order valence-corrected chi connectivity index (χ1v) is 21.1. The number of amides is 2. The van der Waals surface area contributed by atoms with Crippen LogP contribution < -0.4 is 5.32 Å². The summed E-state index contributed by atoms with van der Waals surface area (Å²) < 4.78 is 43.2.